The predicted octanol–water partition coefficient (Wildman–Crippen LogP) is 4.83. The molecule has 0 aliphatic rings. The number of aromatic amines is 1. The van der Waals surface area contributed by atoms with E-state index in [1.54, 1.807) is 18.3 Å². The van der Waals surface area contributed by atoms with E-state index in [1.807, 2.05) is 0 Å². The van der Waals surface area contributed by atoms with Gasteiger partial charge in [-0.15, -0.1) is 0 Å². The summed E-state index contributed by atoms with van der Waals surface area (Å²) in [7, 11) is 0. The zero-order valence-corrected chi connectivity index (χ0v) is 17.2. The summed E-state index contributed by atoms with van der Waals surface area (Å²) in [4.78, 5) is 32.3. The van der Waals surface area contributed by atoms with Gasteiger partial charge in [-0.2, -0.15) is 0 Å². The van der Waals surface area contributed by atoms with E-state index in [2.05, 4.69) is 35.6 Å². The molecule has 0 spiro atoms. The SMILES string of the molecule is O=C(Nc1cc(Nc2ncccc2-c2ncnc3nc[nH]c23)ccc1F)c1ccc(F)c(F)c1. The molecule has 168 valence electrons. The Hall–Kier alpha value is -4.80. The summed E-state index contributed by atoms with van der Waals surface area (Å²) in [6, 6.07) is 10.2. The molecular weight excluding hydrogens is 447 g/mol. The Morgan fingerprint density at radius 3 is 2.59 bits per heavy atom. The normalized spacial score (nSPS) is 10.9. The van der Waals surface area contributed by atoms with Gasteiger partial charge in [0.15, 0.2) is 17.3 Å². The van der Waals surface area contributed by atoms with Gasteiger partial charge in [0.25, 0.3) is 5.91 Å². The van der Waals surface area contributed by atoms with Crippen molar-refractivity contribution in [3.63, 3.8) is 0 Å². The van der Waals surface area contributed by atoms with Crippen LogP contribution >= 0.6 is 0 Å². The lowest BCUT2D eigenvalue weighted by atomic mass is 10.1. The van der Waals surface area contributed by atoms with Crippen molar-refractivity contribution in [1.29, 1.82) is 0 Å². The van der Waals surface area contributed by atoms with Crippen LogP contribution in [0, 0.1) is 17.5 Å². The van der Waals surface area contributed by atoms with Crippen LogP contribution in [0.5, 0.6) is 0 Å². The highest BCUT2D eigenvalue weighted by molar-refractivity contribution is 6.04. The fraction of sp³-hybridized carbons (Fsp3) is 0. The number of nitrogens with zero attached hydrogens (tertiary/aromatic N) is 4. The van der Waals surface area contributed by atoms with Crippen LogP contribution in [0.1, 0.15) is 10.4 Å². The molecule has 11 heteroatoms. The molecule has 0 fully saturated rings. The van der Waals surface area contributed by atoms with E-state index in [4.69, 9.17) is 0 Å². The van der Waals surface area contributed by atoms with E-state index in [-0.39, 0.29) is 11.3 Å². The lowest BCUT2D eigenvalue weighted by Gasteiger charge is -2.13. The summed E-state index contributed by atoms with van der Waals surface area (Å²) in [5, 5.41) is 5.46. The third-order valence-corrected chi connectivity index (χ3v) is 4.94. The van der Waals surface area contributed by atoms with Crippen LogP contribution in [0.25, 0.3) is 22.4 Å². The molecule has 0 saturated heterocycles. The zero-order valence-electron chi connectivity index (χ0n) is 17.2. The summed E-state index contributed by atoms with van der Waals surface area (Å²) < 4.78 is 41.0. The highest BCUT2D eigenvalue weighted by Gasteiger charge is 2.16. The molecule has 1 amide bonds. The van der Waals surface area contributed by atoms with Crippen LogP contribution in [-0.4, -0.2) is 30.8 Å². The van der Waals surface area contributed by atoms with Crippen LogP contribution in [0.15, 0.2) is 67.4 Å². The first-order valence-electron chi connectivity index (χ1n) is 9.92. The Balaban J connectivity index is 1.44. The van der Waals surface area contributed by atoms with Gasteiger partial charge in [-0.05, 0) is 48.5 Å². The number of pyridine rings is 1. The quantitative estimate of drug-likeness (QED) is 0.346. The number of amides is 1. The minimum absolute atomic E-state index is 0.156. The molecule has 2 aromatic carbocycles. The smallest absolute Gasteiger partial charge is 0.255 e. The van der Waals surface area contributed by atoms with Gasteiger partial charge in [0.1, 0.15) is 29.2 Å². The van der Waals surface area contributed by atoms with Crippen LogP contribution in [0.2, 0.25) is 0 Å². The zero-order chi connectivity index (χ0) is 23.7. The van der Waals surface area contributed by atoms with Crippen LogP contribution in [0.4, 0.5) is 30.4 Å². The fourth-order valence-electron chi connectivity index (χ4n) is 3.33. The Labute approximate surface area is 189 Å². The molecule has 0 radical (unpaired) electrons. The Kier molecular flexibility index (Phi) is 5.34. The van der Waals surface area contributed by atoms with Crippen LogP contribution in [0.3, 0.4) is 0 Å². The van der Waals surface area contributed by atoms with Gasteiger partial charge in [-0.1, -0.05) is 0 Å². The number of imidazole rings is 1. The Bertz CT molecular complexity index is 1540. The van der Waals surface area contributed by atoms with E-state index >= 15 is 0 Å². The molecule has 0 aliphatic carbocycles. The second-order valence-electron chi connectivity index (χ2n) is 7.13. The van der Waals surface area contributed by atoms with Crippen molar-refractivity contribution in [2.75, 3.05) is 10.6 Å². The van der Waals surface area contributed by atoms with Crippen LogP contribution in [-0.2, 0) is 0 Å². The van der Waals surface area contributed by atoms with Crippen molar-refractivity contribution in [3.05, 3.63) is 90.4 Å². The minimum Gasteiger partial charge on any atom is -0.341 e. The van der Waals surface area contributed by atoms with E-state index in [0.29, 0.717) is 33.9 Å². The molecular formula is C23H14F3N7O. The van der Waals surface area contributed by atoms with Gasteiger partial charge < -0.3 is 15.6 Å². The summed E-state index contributed by atoms with van der Waals surface area (Å²) in [6.45, 7) is 0. The number of benzene rings is 2. The number of H-pyrrole nitrogens is 1. The lowest BCUT2D eigenvalue weighted by Crippen LogP contribution is -2.13. The standard InChI is InChI=1S/C23H14F3N7O/c24-15-5-3-12(8-17(15)26)23(34)33-18-9-13(4-6-16(18)25)32-21-14(2-1-7-27-21)19-20-22(30-10-28-19)31-11-29-20/h1-11H,(H,27,32)(H,33,34)(H,28,29,30,31). The molecule has 3 aromatic heterocycles. The summed E-state index contributed by atoms with van der Waals surface area (Å²) in [5.41, 5.74) is 2.41. The molecule has 3 N–H and O–H groups in total. The largest absolute Gasteiger partial charge is 0.341 e. The second kappa shape index (κ2) is 8.62. The van der Waals surface area contributed by atoms with Crippen molar-refractivity contribution in [2.45, 2.75) is 0 Å². The van der Waals surface area contributed by atoms with Gasteiger partial charge in [0.2, 0.25) is 0 Å². The van der Waals surface area contributed by atoms with E-state index in [1.165, 1.54) is 24.8 Å². The fourth-order valence-corrected chi connectivity index (χ4v) is 3.33. The molecule has 5 rings (SSSR count). The van der Waals surface area contributed by atoms with Gasteiger partial charge in [0.05, 0.1) is 12.0 Å². The molecule has 0 atom stereocenters. The maximum absolute atomic E-state index is 14.4. The molecule has 0 saturated carbocycles. The number of anilines is 3. The van der Waals surface area contributed by atoms with Crippen molar-refractivity contribution in [1.82, 2.24) is 24.9 Å². The topological polar surface area (TPSA) is 108 Å². The molecule has 5 aromatic rings. The summed E-state index contributed by atoms with van der Waals surface area (Å²) in [6.07, 6.45) is 4.47. The molecule has 3 heterocycles. The maximum Gasteiger partial charge on any atom is 0.255 e. The predicted molar refractivity (Wildman–Crippen MR) is 119 cm³/mol. The monoisotopic (exact) mass is 461 g/mol. The highest BCUT2D eigenvalue weighted by atomic mass is 19.2. The summed E-state index contributed by atoms with van der Waals surface area (Å²) in [5.74, 6) is -3.35. The average molecular weight is 461 g/mol. The number of hydrogen-bond donors (Lipinski definition) is 3. The molecule has 0 bridgehead atoms. The number of nitrogens with one attached hydrogen (secondary N) is 3. The number of carbonyl (C=O) groups is 1. The van der Waals surface area contributed by atoms with Gasteiger partial charge >= 0.3 is 0 Å². The van der Waals surface area contributed by atoms with E-state index in [0.717, 1.165) is 24.3 Å². The van der Waals surface area contributed by atoms with Crippen molar-refractivity contribution in [3.8, 4) is 11.3 Å². The second-order valence-corrected chi connectivity index (χ2v) is 7.13. The average Bonchev–Trinajstić information content (AvgIpc) is 3.32. The van der Waals surface area contributed by atoms with Crippen molar-refractivity contribution < 1.29 is 18.0 Å². The minimum atomic E-state index is -1.18. The molecule has 8 nitrogen and oxygen atoms in total. The first kappa shape index (κ1) is 21.1. The van der Waals surface area contributed by atoms with Crippen molar-refractivity contribution >= 4 is 34.3 Å². The maximum atomic E-state index is 14.4. The number of fused-ring (bicyclic) bond motifs is 1. The lowest BCUT2D eigenvalue weighted by molar-refractivity contribution is 0.102. The number of hydrogen-bond acceptors (Lipinski definition) is 6. The Morgan fingerprint density at radius 1 is 0.882 bits per heavy atom. The molecule has 34 heavy (non-hydrogen) atoms. The van der Waals surface area contributed by atoms with Gasteiger partial charge in [0, 0.05) is 23.0 Å². The number of carbonyl (C=O) groups excluding carboxylic acids is 1. The van der Waals surface area contributed by atoms with E-state index < -0.39 is 23.4 Å². The third kappa shape index (κ3) is 4.01. The third-order valence-electron chi connectivity index (χ3n) is 4.94. The Morgan fingerprint density at radius 2 is 1.74 bits per heavy atom. The van der Waals surface area contributed by atoms with Crippen LogP contribution < -0.4 is 10.6 Å². The van der Waals surface area contributed by atoms with Gasteiger partial charge in [-0.25, -0.2) is 33.1 Å². The number of aromatic nitrogens is 5. The number of halogens is 3. The van der Waals surface area contributed by atoms with E-state index in [9.17, 15) is 18.0 Å². The molecule has 0 unspecified atom stereocenters. The highest BCUT2D eigenvalue weighted by Crippen LogP contribution is 2.31. The van der Waals surface area contributed by atoms with Gasteiger partial charge in [-0.3, -0.25) is 4.79 Å². The van der Waals surface area contributed by atoms with Crippen molar-refractivity contribution in [2.24, 2.45) is 0 Å². The molecule has 0 aliphatic heterocycles. The first-order chi connectivity index (χ1) is 16.5. The summed E-state index contributed by atoms with van der Waals surface area (Å²) >= 11 is 0. The number of rotatable bonds is 5. The first-order valence-corrected chi connectivity index (χ1v) is 9.92.